The van der Waals surface area contributed by atoms with Gasteiger partial charge in [0.2, 0.25) is 0 Å². The highest BCUT2D eigenvalue weighted by molar-refractivity contribution is 7.92. The minimum Gasteiger partial charge on any atom is -0.360 e. The van der Waals surface area contributed by atoms with Gasteiger partial charge in [-0.1, -0.05) is 38.1 Å². The van der Waals surface area contributed by atoms with Crippen molar-refractivity contribution in [2.75, 3.05) is 4.72 Å². The van der Waals surface area contributed by atoms with Crippen molar-refractivity contribution < 1.29 is 12.9 Å². The predicted molar refractivity (Wildman–Crippen MR) is 81.9 cm³/mol. The lowest BCUT2D eigenvalue weighted by atomic mass is 9.87. The van der Waals surface area contributed by atoms with Crippen LogP contribution in [0.4, 0.5) is 5.82 Å². The lowest BCUT2D eigenvalue weighted by molar-refractivity contribution is 0.400. The fourth-order valence-corrected chi connectivity index (χ4v) is 3.22. The zero-order chi connectivity index (χ0) is 15.8. The van der Waals surface area contributed by atoms with E-state index in [2.05, 4.69) is 9.88 Å². The summed E-state index contributed by atoms with van der Waals surface area (Å²) in [6.45, 7) is 9.61. The van der Waals surface area contributed by atoms with Crippen LogP contribution < -0.4 is 4.72 Å². The second-order valence-electron chi connectivity index (χ2n) is 6.16. The maximum Gasteiger partial charge on any atom is 0.263 e. The van der Waals surface area contributed by atoms with Crippen LogP contribution >= 0.6 is 0 Å². The highest BCUT2D eigenvalue weighted by Crippen LogP contribution is 2.27. The van der Waals surface area contributed by atoms with Crippen LogP contribution in [0.25, 0.3) is 0 Å². The lowest BCUT2D eigenvalue weighted by Crippen LogP contribution is -2.17. The monoisotopic (exact) mass is 308 g/mol. The van der Waals surface area contributed by atoms with Crippen LogP contribution in [0.5, 0.6) is 0 Å². The minimum absolute atomic E-state index is 0.123. The Balaban J connectivity index is 2.44. The van der Waals surface area contributed by atoms with Crippen LogP contribution in [0.1, 0.15) is 37.7 Å². The summed E-state index contributed by atoms with van der Waals surface area (Å²) in [4.78, 5) is 0.260. The molecule has 0 amide bonds. The van der Waals surface area contributed by atoms with Crippen molar-refractivity contribution in [2.45, 2.75) is 44.9 Å². The average Bonchev–Trinajstić information content (AvgIpc) is 2.72. The predicted octanol–water partition coefficient (Wildman–Crippen LogP) is 3.39. The number of anilines is 1. The third kappa shape index (κ3) is 3.44. The molecule has 1 aromatic carbocycles. The molecule has 0 aliphatic carbocycles. The molecule has 0 saturated carbocycles. The summed E-state index contributed by atoms with van der Waals surface area (Å²) in [5.74, 6) is 0.737. The molecule has 1 N–H and O–H groups in total. The number of sulfonamides is 1. The van der Waals surface area contributed by atoms with Crippen LogP contribution in [0.15, 0.2) is 33.7 Å². The molecule has 0 aliphatic heterocycles. The Morgan fingerprint density at radius 2 is 1.81 bits per heavy atom. The molecule has 5 nitrogen and oxygen atoms in total. The van der Waals surface area contributed by atoms with E-state index in [9.17, 15) is 8.42 Å². The van der Waals surface area contributed by atoms with E-state index in [0.29, 0.717) is 11.3 Å². The van der Waals surface area contributed by atoms with Gasteiger partial charge < -0.3 is 4.52 Å². The van der Waals surface area contributed by atoms with Gasteiger partial charge in [-0.2, -0.15) is 0 Å². The van der Waals surface area contributed by atoms with E-state index >= 15 is 0 Å². The largest absolute Gasteiger partial charge is 0.360 e. The highest BCUT2D eigenvalue weighted by Gasteiger charge is 2.22. The molecule has 0 unspecified atom stereocenters. The lowest BCUT2D eigenvalue weighted by Gasteiger charge is -2.20. The third-order valence-electron chi connectivity index (χ3n) is 3.21. The van der Waals surface area contributed by atoms with Gasteiger partial charge in [-0.15, -0.1) is 0 Å². The summed E-state index contributed by atoms with van der Waals surface area (Å²) < 4.78 is 32.4. The zero-order valence-corrected chi connectivity index (χ0v) is 13.7. The molecule has 6 heteroatoms. The number of hydrogen-bond acceptors (Lipinski definition) is 4. The first-order valence-corrected chi connectivity index (χ1v) is 8.15. The van der Waals surface area contributed by atoms with Gasteiger partial charge in [0.1, 0.15) is 5.76 Å². The zero-order valence-electron chi connectivity index (χ0n) is 12.9. The number of aryl methyl sites for hydroxylation is 2. The molecule has 2 rings (SSSR count). The van der Waals surface area contributed by atoms with E-state index in [1.165, 1.54) is 0 Å². The van der Waals surface area contributed by atoms with Crippen LogP contribution in [0, 0.1) is 13.8 Å². The van der Waals surface area contributed by atoms with Gasteiger partial charge in [-0.3, -0.25) is 4.72 Å². The molecule has 0 saturated heterocycles. The van der Waals surface area contributed by atoms with Crippen molar-refractivity contribution >= 4 is 15.8 Å². The molecular formula is C15H20N2O3S. The van der Waals surface area contributed by atoms with Crippen molar-refractivity contribution in [3.05, 3.63) is 41.2 Å². The van der Waals surface area contributed by atoms with Gasteiger partial charge in [0.15, 0.2) is 5.82 Å². The summed E-state index contributed by atoms with van der Waals surface area (Å²) in [6.07, 6.45) is 0. The summed E-state index contributed by atoms with van der Waals surface area (Å²) in [7, 11) is -3.69. The van der Waals surface area contributed by atoms with Gasteiger partial charge >= 0.3 is 0 Å². The second kappa shape index (κ2) is 5.18. The molecule has 0 bridgehead atoms. The normalized spacial score (nSPS) is 12.4. The van der Waals surface area contributed by atoms with Gasteiger partial charge in [-0.05, 0) is 36.5 Å². The van der Waals surface area contributed by atoms with E-state index in [-0.39, 0.29) is 16.1 Å². The van der Waals surface area contributed by atoms with Gasteiger partial charge in [0.05, 0.1) is 4.90 Å². The average molecular weight is 308 g/mol. The first kappa shape index (κ1) is 15.6. The molecule has 0 spiro atoms. The molecule has 114 valence electrons. The van der Waals surface area contributed by atoms with Crippen molar-refractivity contribution in [3.63, 3.8) is 0 Å². The Morgan fingerprint density at radius 1 is 1.14 bits per heavy atom. The van der Waals surface area contributed by atoms with Crippen LogP contribution in [0.2, 0.25) is 0 Å². The van der Waals surface area contributed by atoms with Crippen LogP contribution in [0.3, 0.4) is 0 Å². The Kier molecular flexibility index (Phi) is 3.84. The summed E-state index contributed by atoms with van der Waals surface area (Å²) in [6, 6.07) is 7.03. The fourth-order valence-electron chi connectivity index (χ4n) is 1.96. The topological polar surface area (TPSA) is 72.2 Å². The highest BCUT2D eigenvalue weighted by atomic mass is 32.2. The number of aromatic nitrogens is 1. The molecular weight excluding hydrogens is 288 g/mol. The van der Waals surface area contributed by atoms with Crippen LogP contribution in [-0.4, -0.2) is 13.6 Å². The fraction of sp³-hybridized carbons (Fsp3) is 0.400. The molecule has 0 radical (unpaired) electrons. The van der Waals surface area contributed by atoms with Crippen molar-refractivity contribution in [2.24, 2.45) is 0 Å². The van der Waals surface area contributed by atoms with E-state index in [4.69, 9.17) is 4.52 Å². The molecule has 2 aromatic rings. The van der Waals surface area contributed by atoms with Crippen molar-refractivity contribution in [3.8, 4) is 0 Å². The van der Waals surface area contributed by atoms with E-state index in [1.54, 1.807) is 26.0 Å². The molecule has 0 aliphatic rings. The third-order valence-corrected chi connectivity index (χ3v) is 4.71. The maximum absolute atomic E-state index is 12.5. The number of hydrogen-bond donors (Lipinski definition) is 1. The van der Waals surface area contributed by atoms with Crippen molar-refractivity contribution in [1.29, 1.82) is 0 Å². The molecule has 1 heterocycles. The summed E-state index contributed by atoms with van der Waals surface area (Å²) in [5.41, 5.74) is 1.53. The minimum atomic E-state index is -3.69. The number of nitrogens with zero attached hydrogens (tertiary/aromatic N) is 1. The molecule has 1 aromatic heterocycles. The van der Waals surface area contributed by atoms with Gasteiger partial charge in [0, 0.05) is 6.07 Å². The first-order valence-electron chi connectivity index (χ1n) is 6.67. The van der Waals surface area contributed by atoms with Crippen molar-refractivity contribution in [1.82, 2.24) is 5.16 Å². The van der Waals surface area contributed by atoms with Gasteiger partial charge in [0.25, 0.3) is 10.0 Å². The first-order chi connectivity index (χ1) is 9.59. The van der Waals surface area contributed by atoms with Gasteiger partial charge in [-0.25, -0.2) is 8.42 Å². The van der Waals surface area contributed by atoms with E-state index < -0.39 is 10.0 Å². The summed E-state index contributed by atoms with van der Waals surface area (Å²) >= 11 is 0. The summed E-state index contributed by atoms with van der Waals surface area (Å²) in [5, 5.41) is 3.66. The maximum atomic E-state index is 12.5. The Hall–Kier alpha value is -1.82. The number of benzene rings is 1. The quantitative estimate of drug-likeness (QED) is 0.943. The molecule has 21 heavy (non-hydrogen) atoms. The molecule has 0 fully saturated rings. The Bertz CT molecular complexity index is 755. The Labute approximate surface area is 125 Å². The second-order valence-corrected chi connectivity index (χ2v) is 7.81. The van der Waals surface area contributed by atoms with Crippen LogP contribution in [-0.2, 0) is 15.4 Å². The Morgan fingerprint density at radius 3 is 2.33 bits per heavy atom. The van der Waals surface area contributed by atoms with E-state index in [1.807, 2.05) is 32.9 Å². The number of nitrogens with one attached hydrogen (secondary N) is 1. The standard InChI is InChI=1S/C15H20N2O3S/c1-10-6-7-12(15(3,4)5)9-13(10)21(18,19)17-14-8-11(2)20-16-14/h6-9H,1-5H3,(H,16,17). The number of rotatable bonds is 3. The smallest absolute Gasteiger partial charge is 0.263 e. The van der Waals surface area contributed by atoms with E-state index in [0.717, 1.165) is 5.56 Å². The SMILES string of the molecule is Cc1cc(NS(=O)(=O)c2cc(C(C)(C)C)ccc2C)no1. The molecule has 0 atom stereocenters.